The van der Waals surface area contributed by atoms with E-state index in [9.17, 15) is 0 Å². The van der Waals surface area contributed by atoms with Crippen molar-refractivity contribution in [2.24, 2.45) is 0 Å². The van der Waals surface area contributed by atoms with Gasteiger partial charge in [0.1, 0.15) is 5.60 Å². The maximum absolute atomic E-state index is 8.78. The third-order valence-corrected chi connectivity index (χ3v) is 3.05. The minimum Gasteiger partial charge on any atom is -0.345 e. The Balaban J connectivity index is 2.11. The van der Waals surface area contributed by atoms with Crippen LogP contribution in [0.15, 0.2) is 24.3 Å². The second-order valence-corrected chi connectivity index (χ2v) is 3.67. The van der Waals surface area contributed by atoms with E-state index < -0.39 is 0 Å². The van der Waals surface area contributed by atoms with Crippen molar-refractivity contribution in [1.82, 2.24) is 0 Å². The van der Waals surface area contributed by atoms with E-state index in [-0.39, 0.29) is 11.7 Å². The first kappa shape index (κ1) is 7.11. The Hall–Kier alpha value is -1.33. The van der Waals surface area contributed by atoms with E-state index in [1.807, 2.05) is 12.1 Å². The van der Waals surface area contributed by atoms with E-state index in [0.29, 0.717) is 0 Å². The van der Waals surface area contributed by atoms with Gasteiger partial charge in [-0.15, -0.1) is 0 Å². The van der Waals surface area contributed by atoms with Crippen molar-refractivity contribution in [3.63, 3.8) is 0 Å². The Morgan fingerprint density at radius 3 is 3.08 bits per heavy atom. The van der Waals surface area contributed by atoms with Crippen molar-refractivity contribution in [3.05, 3.63) is 35.4 Å². The summed E-state index contributed by atoms with van der Waals surface area (Å²) < 4.78 is 5.48. The molecule has 1 saturated heterocycles. The summed E-state index contributed by atoms with van der Waals surface area (Å²) in [6, 6.07) is 10.5. The predicted octanol–water partition coefficient (Wildman–Crippen LogP) is 1.75. The monoisotopic (exact) mass is 171 g/mol. The molecule has 1 aliphatic carbocycles. The zero-order valence-electron chi connectivity index (χ0n) is 7.16. The summed E-state index contributed by atoms with van der Waals surface area (Å²) in [6.45, 7) is 0. The SMILES string of the molecule is N#CC1OC12CCc1ccccc12. The van der Waals surface area contributed by atoms with Crippen molar-refractivity contribution in [3.8, 4) is 6.07 Å². The molecule has 13 heavy (non-hydrogen) atoms. The van der Waals surface area contributed by atoms with Crippen LogP contribution in [0.2, 0.25) is 0 Å². The molecule has 2 heteroatoms. The van der Waals surface area contributed by atoms with E-state index in [4.69, 9.17) is 10.00 Å². The van der Waals surface area contributed by atoms with E-state index >= 15 is 0 Å². The second-order valence-electron chi connectivity index (χ2n) is 3.67. The smallest absolute Gasteiger partial charge is 0.178 e. The Morgan fingerprint density at radius 2 is 2.31 bits per heavy atom. The van der Waals surface area contributed by atoms with Crippen molar-refractivity contribution < 1.29 is 4.74 Å². The summed E-state index contributed by atoms with van der Waals surface area (Å²) in [7, 11) is 0. The van der Waals surface area contributed by atoms with E-state index in [2.05, 4.69) is 18.2 Å². The lowest BCUT2D eigenvalue weighted by molar-refractivity contribution is 0.302. The van der Waals surface area contributed by atoms with Gasteiger partial charge >= 0.3 is 0 Å². The standard InChI is InChI=1S/C11H9NO/c12-7-10-11(13-10)6-5-8-3-1-2-4-9(8)11/h1-4,10H,5-6H2. The molecular formula is C11H9NO. The maximum atomic E-state index is 8.78. The second kappa shape index (κ2) is 2.12. The van der Waals surface area contributed by atoms with Gasteiger partial charge in [0.15, 0.2) is 6.10 Å². The van der Waals surface area contributed by atoms with Gasteiger partial charge in [-0.1, -0.05) is 24.3 Å². The number of ether oxygens (including phenoxy) is 1. The molecule has 0 radical (unpaired) electrons. The first-order valence-electron chi connectivity index (χ1n) is 4.53. The fourth-order valence-corrected chi connectivity index (χ4v) is 2.31. The lowest BCUT2D eigenvalue weighted by atomic mass is 9.98. The normalized spacial score (nSPS) is 34.2. The van der Waals surface area contributed by atoms with Gasteiger partial charge in [0.05, 0.1) is 6.07 Å². The quantitative estimate of drug-likeness (QED) is 0.557. The molecule has 2 unspecified atom stereocenters. The minimum absolute atomic E-state index is 0.198. The van der Waals surface area contributed by atoms with E-state index in [1.165, 1.54) is 11.1 Å². The van der Waals surface area contributed by atoms with Crippen LogP contribution in [-0.4, -0.2) is 6.10 Å². The summed E-state index contributed by atoms with van der Waals surface area (Å²) in [4.78, 5) is 0. The molecule has 0 bridgehead atoms. The fraction of sp³-hybridized carbons (Fsp3) is 0.364. The van der Waals surface area contributed by atoms with Gasteiger partial charge in [-0.25, -0.2) is 0 Å². The molecule has 0 N–H and O–H groups in total. The zero-order valence-corrected chi connectivity index (χ0v) is 7.16. The van der Waals surface area contributed by atoms with Gasteiger partial charge in [0.2, 0.25) is 0 Å². The largest absolute Gasteiger partial charge is 0.345 e. The van der Waals surface area contributed by atoms with Crippen LogP contribution < -0.4 is 0 Å². The average molecular weight is 171 g/mol. The van der Waals surface area contributed by atoms with Gasteiger partial charge in [0, 0.05) is 0 Å². The Bertz CT molecular complexity index is 407. The molecule has 2 aliphatic rings. The lowest BCUT2D eigenvalue weighted by Crippen LogP contribution is -2.06. The summed E-state index contributed by atoms with van der Waals surface area (Å²) in [5, 5.41) is 8.78. The number of nitrogens with zero attached hydrogens (tertiary/aromatic N) is 1. The number of nitriles is 1. The van der Waals surface area contributed by atoms with Crippen LogP contribution in [0.25, 0.3) is 0 Å². The van der Waals surface area contributed by atoms with Gasteiger partial charge in [-0.3, -0.25) is 0 Å². The van der Waals surface area contributed by atoms with Crippen LogP contribution in [0.5, 0.6) is 0 Å². The van der Waals surface area contributed by atoms with E-state index in [0.717, 1.165) is 12.8 Å². The maximum Gasteiger partial charge on any atom is 0.178 e. The summed E-state index contributed by atoms with van der Waals surface area (Å²) in [5.74, 6) is 0. The van der Waals surface area contributed by atoms with Crippen molar-refractivity contribution in [2.45, 2.75) is 24.5 Å². The number of epoxide rings is 1. The van der Waals surface area contributed by atoms with Gasteiger partial charge in [-0.05, 0) is 24.0 Å². The van der Waals surface area contributed by atoms with Crippen molar-refractivity contribution >= 4 is 0 Å². The molecule has 1 heterocycles. The van der Waals surface area contributed by atoms with Crippen LogP contribution in [0.4, 0.5) is 0 Å². The number of benzene rings is 1. The van der Waals surface area contributed by atoms with Crippen LogP contribution in [0.1, 0.15) is 17.5 Å². The zero-order chi connectivity index (χ0) is 8.89. The number of hydrogen-bond acceptors (Lipinski definition) is 2. The Labute approximate surface area is 76.8 Å². The Kier molecular flexibility index (Phi) is 1.16. The van der Waals surface area contributed by atoms with Crippen LogP contribution in [-0.2, 0) is 16.8 Å². The fourth-order valence-electron chi connectivity index (χ4n) is 2.31. The van der Waals surface area contributed by atoms with Crippen LogP contribution in [0, 0.1) is 11.3 Å². The third kappa shape index (κ3) is 0.751. The molecular weight excluding hydrogens is 162 g/mol. The molecule has 1 spiro atoms. The van der Waals surface area contributed by atoms with E-state index in [1.54, 1.807) is 0 Å². The summed E-state index contributed by atoms with van der Waals surface area (Å²) in [6.07, 6.45) is 1.83. The predicted molar refractivity (Wildman–Crippen MR) is 46.9 cm³/mol. The highest BCUT2D eigenvalue weighted by atomic mass is 16.6. The first-order valence-corrected chi connectivity index (χ1v) is 4.53. The minimum atomic E-state index is -0.217. The molecule has 64 valence electrons. The number of aryl methyl sites for hydroxylation is 1. The highest BCUT2D eigenvalue weighted by Crippen LogP contribution is 2.54. The summed E-state index contributed by atoms with van der Waals surface area (Å²) in [5.41, 5.74) is 2.37. The average Bonchev–Trinajstić information content (AvgIpc) is 2.78. The third-order valence-electron chi connectivity index (χ3n) is 3.05. The molecule has 2 atom stereocenters. The molecule has 0 aromatic heterocycles. The van der Waals surface area contributed by atoms with Gasteiger partial charge in [0.25, 0.3) is 0 Å². The van der Waals surface area contributed by atoms with Crippen molar-refractivity contribution in [1.29, 1.82) is 5.26 Å². The Morgan fingerprint density at radius 1 is 1.46 bits per heavy atom. The lowest BCUT2D eigenvalue weighted by Gasteiger charge is -2.02. The molecule has 3 rings (SSSR count). The van der Waals surface area contributed by atoms with Crippen LogP contribution in [0.3, 0.4) is 0 Å². The van der Waals surface area contributed by atoms with Crippen molar-refractivity contribution in [2.75, 3.05) is 0 Å². The molecule has 2 nitrogen and oxygen atoms in total. The van der Waals surface area contributed by atoms with Crippen LogP contribution >= 0.6 is 0 Å². The number of fused-ring (bicyclic) bond motifs is 2. The van der Waals surface area contributed by atoms with Gasteiger partial charge < -0.3 is 4.74 Å². The number of rotatable bonds is 0. The molecule has 1 aromatic carbocycles. The molecule has 0 amide bonds. The first-order chi connectivity index (χ1) is 6.37. The number of hydrogen-bond donors (Lipinski definition) is 0. The molecule has 1 aromatic rings. The van der Waals surface area contributed by atoms with Gasteiger partial charge in [-0.2, -0.15) is 5.26 Å². The highest BCUT2D eigenvalue weighted by molar-refractivity contribution is 5.43. The molecule has 0 saturated carbocycles. The highest BCUT2D eigenvalue weighted by Gasteiger charge is 2.61. The molecule has 1 aliphatic heterocycles. The topological polar surface area (TPSA) is 36.3 Å². The summed E-state index contributed by atoms with van der Waals surface area (Å²) >= 11 is 0. The molecule has 1 fully saturated rings.